The Morgan fingerprint density at radius 2 is 2.07 bits per heavy atom. The highest BCUT2D eigenvalue weighted by Gasteiger charge is 2.24. The fourth-order valence-electron chi connectivity index (χ4n) is 4.40. The molecule has 2 N–H and O–H groups in total. The Kier molecular flexibility index (Phi) is 5.67. The molecular formula is C24H29N3O2. The maximum Gasteiger partial charge on any atom is 0.341 e. The highest BCUT2D eigenvalue weighted by molar-refractivity contribution is 6.05. The Morgan fingerprint density at radius 3 is 2.83 bits per heavy atom. The predicted octanol–water partition coefficient (Wildman–Crippen LogP) is 5.03. The third kappa shape index (κ3) is 4.06. The number of aryl methyl sites for hydroxylation is 1. The normalized spacial score (nSPS) is 20.5. The smallest absolute Gasteiger partial charge is 0.341 e. The van der Waals surface area contributed by atoms with E-state index < -0.39 is 0 Å². The second kappa shape index (κ2) is 8.37. The highest BCUT2D eigenvalue weighted by Crippen LogP contribution is 2.33. The van der Waals surface area contributed by atoms with Gasteiger partial charge in [0.2, 0.25) is 0 Å². The van der Waals surface area contributed by atoms with Gasteiger partial charge in [0.25, 0.3) is 0 Å². The topological polar surface area (TPSA) is 67.0 Å². The monoisotopic (exact) mass is 391 g/mol. The number of ether oxygens (including phenoxy) is 1. The van der Waals surface area contributed by atoms with Crippen molar-refractivity contribution in [3.8, 4) is 0 Å². The number of nitrogens with zero attached hydrogens (tertiary/aromatic N) is 1. The first-order valence-corrected chi connectivity index (χ1v) is 10.5. The summed E-state index contributed by atoms with van der Waals surface area (Å²) in [6, 6.07) is 10.8. The Balaban J connectivity index is 1.62. The number of aromatic nitrogens is 2. The van der Waals surface area contributed by atoms with Gasteiger partial charge in [-0.1, -0.05) is 13.0 Å². The molecule has 1 aliphatic heterocycles. The van der Waals surface area contributed by atoms with Gasteiger partial charge in [0.1, 0.15) is 6.10 Å². The van der Waals surface area contributed by atoms with E-state index in [-0.39, 0.29) is 12.1 Å². The third-order valence-corrected chi connectivity index (χ3v) is 6.13. The summed E-state index contributed by atoms with van der Waals surface area (Å²) in [4.78, 5) is 20.4. The summed E-state index contributed by atoms with van der Waals surface area (Å²) in [6.45, 7) is 7.11. The molecule has 3 heterocycles. The number of hydrogen-bond donors (Lipinski definition) is 2. The lowest BCUT2D eigenvalue weighted by atomic mass is 9.85. The standard InChI is InChI=1S/C24H29N3O2/c1-4-20-13-19(9-12-26-20)18-5-6-22-21(14-18)23(15(2)27-22)24(28)29-16(3)17-7-10-25-11-8-17/h5-8,10-11,14,16,19-20,26-27H,4,9,12-13H2,1-3H3. The summed E-state index contributed by atoms with van der Waals surface area (Å²) >= 11 is 0. The second-order valence-corrected chi connectivity index (χ2v) is 8.04. The van der Waals surface area contributed by atoms with Crippen LogP contribution in [0.15, 0.2) is 42.7 Å². The van der Waals surface area contributed by atoms with E-state index in [1.165, 1.54) is 5.56 Å². The van der Waals surface area contributed by atoms with Crippen LogP contribution in [0.4, 0.5) is 0 Å². The quantitative estimate of drug-likeness (QED) is 0.598. The van der Waals surface area contributed by atoms with E-state index in [1.807, 2.05) is 26.0 Å². The first-order chi connectivity index (χ1) is 14.1. The van der Waals surface area contributed by atoms with E-state index in [0.29, 0.717) is 17.5 Å². The maximum atomic E-state index is 13.0. The molecule has 5 nitrogen and oxygen atoms in total. The molecule has 152 valence electrons. The van der Waals surface area contributed by atoms with Gasteiger partial charge >= 0.3 is 5.97 Å². The molecule has 29 heavy (non-hydrogen) atoms. The van der Waals surface area contributed by atoms with Gasteiger partial charge in [0, 0.05) is 35.0 Å². The molecule has 2 aromatic heterocycles. The van der Waals surface area contributed by atoms with Crippen LogP contribution in [0.3, 0.4) is 0 Å². The van der Waals surface area contributed by atoms with Crippen molar-refractivity contribution in [2.75, 3.05) is 6.54 Å². The SMILES string of the molecule is CCC1CC(c2ccc3[nH]c(C)c(C(=O)OC(C)c4ccncc4)c3c2)CCN1. The largest absolute Gasteiger partial charge is 0.454 e. The van der Waals surface area contributed by atoms with Crippen LogP contribution in [0.2, 0.25) is 0 Å². The second-order valence-electron chi connectivity index (χ2n) is 8.04. The Morgan fingerprint density at radius 1 is 1.28 bits per heavy atom. The van der Waals surface area contributed by atoms with E-state index in [9.17, 15) is 4.79 Å². The summed E-state index contributed by atoms with van der Waals surface area (Å²) in [5.41, 5.74) is 4.72. The van der Waals surface area contributed by atoms with Gasteiger partial charge in [-0.2, -0.15) is 0 Å². The molecule has 0 radical (unpaired) electrons. The Labute approximate surface area is 171 Å². The number of esters is 1. The Hall–Kier alpha value is -2.66. The molecule has 0 saturated carbocycles. The number of benzene rings is 1. The number of rotatable bonds is 5. The number of H-pyrrole nitrogens is 1. The lowest BCUT2D eigenvalue weighted by Crippen LogP contribution is -2.36. The molecule has 1 aromatic carbocycles. The molecule has 1 saturated heterocycles. The number of carbonyl (C=O) groups excluding carboxylic acids is 1. The van der Waals surface area contributed by atoms with Gasteiger partial charge in [-0.25, -0.2) is 4.79 Å². The summed E-state index contributed by atoms with van der Waals surface area (Å²) in [7, 11) is 0. The van der Waals surface area contributed by atoms with Gasteiger partial charge < -0.3 is 15.0 Å². The average Bonchev–Trinajstić information content (AvgIpc) is 3.09. The minimum absolute atomic E-state index is 0.285. The average molecular weight is 392 g/mol. The number of piperidine rings is 1. The number of hydrogen-bond acceptors (Lipinski definition) is 4. The van der Waals surface area contributed by atoms with E-state index in [0.717, 1.165) is 48.0 Å². The van der Waals surface area contributed by atoms with Crippen LogP contribution < -0.4 is 5.32 Å². The molecule has 5 heteroatoms. The number of nitrogens with one attached hydrogen (secondary N) is 2. The molecule has 1 fully saturated rings. The minimum atomic E-state index is -0.326. The van der Waals surface area contributed by atoms with Crippen LogP contribution in [-0.2, 0) is 4.74 Å². The number of carbonyl (C=O) groups is 1. The summed E-state index contributed by atoms with van der Waals surface area (Å²) in [5.74, 6) is 0.243. The van der Waals surface area contributed by atoms with Crippen LogP contribution in [0.1, 0.15) is 72.3 Å². The lowest BCUT2D eigenvalue weighted by Gasteiger charge is -2.30. The van der Waals surface area contributed by atoms with Crippen molar-refractivity contribution in [3.05, 3.63) is 65.1 Å². The highest BCUT2D eigenvalue weighted by atomic mass is 16.5. The van der Waals surface area contributed by atoms with Crippen LogP contribution in [0, 0.1) is 6.92 Å². The molecule has 0 spiro atoms. The van der Waals surface area contributed by atoms with Crippen molar-refractivity contribution >= 4 is 16.9 Å². The molecule has 3 unspecified atom stereocenters. The molecule has 0 bridgehead atoms. The van der Waals surface area contributed by atoms with E-state index >= 15 is 0 Å². The van der Waals surface area contributed by atoms with Crippen LogP contribution >= 0.6 is 0 Å². The molecular weight excluding hydrogens is 362 g/mol. The zero-order valence-electron chi connectivity index (χ0n) is 17.4. The first kappa shape index (κ1) is 19.6. The molecule has 1 aliphatic rings. The van der Waals surface area contributed by atoms with Gasteiger partial charge in [-0.05, 0) is 81.0 Å². The summed E-state index contributed by atoms with van der Waals surface area (Å²) in [5, 5.41) is 4.55. The number of pyridine rings is 1. The van der Waals surface area contributed by atoms with E-state index in [1.54, 1.807) is 12.4 Å². The van der Waals surface area contributed by atoms with Crippen LogP contribution in [0.25, 0.3) is 10.9 Å². The van der Waals surface area contributed by atoms with Gasteiger partial charge in [0.05, 0.1) is 5.56 Å². The molecule has 0 amide bonds. The van der Waals surface area contributed by atoms with E-state index in [2.05, 4.69) is 40.4 Å². The van der Waals surface area contributed by atoms with E-state index in [4.69, 9.17) is 4.74 Å². The fraction of sp³-hybridized carbons (Fsp3) is 0.417. The van der Waals surface area contributed by atoms with Crippen molar-refractivity contribution < 1.29 is 9.53 Å². The van der Waals surface area contributed by atoms with Gasteiger partial charge in [-0.15, -0.1) is 0 Å². The fourth-order valence-corrected chi connectivity index (χ4v) is 4.40. The summed E-state index contributed by atoms with van der Waals surface area (Å²) < 4.78 is 5.79. The zero-order chi connectivity index (χ0) is 20.4. The van der Waals surface area contributed by atoms with Crippen molar-refractivity contribution in [1.29, 1.82) is 0 Å². The first-order valence-electron chi connectivity index (χ1n) is 10.5. The number of aromatic amines is 1. The van der Waals surface area contributed by atoms with Crippen molar-refractivity contribution in [3.63, 3.8) is 0 Å². The minimum Gasteiger partial charge on any atom is -0.454 e. The Bertz CT molecular complexity index is 996. The summed E-state index contributed by atoms with van der Waals surface area (Å²) in [6.07, 6.45) is 6.52. The van der Waals surface area contributed by atoms with Crippen molar-refractivity contribution in [1.82, 2.24) is 15.3 Å². The molecule has 4 rings (SSSR count). The number of fused-ring (bicyclic) bond motifs is 1. The van der Waals surface area contributed by atoms with Gasteiger partial charge in [0.15, 0.2) is 0 Å². The maximum absolute atomic E-state index is 13.0. The van der Waals surface area contributed by atoms with Gasteiger partial charge in [-0.3, -0.25) is 4.98 Å². The third-order valence-electron chi connectivity index (χ3n) is 6.13. The zero-order valence-corrected chi connectivity index (χ0v) is 17.4. The van der Waals surface area contributed by atoms with Crippen LogP contribution in [0.5, 0.6) is 0 Å². The van der Waals surface area contributed by atoms with Crippen LogP contribution in [-0.4, -0.2) is 28.5 Å². The van der Waals surface area contributed by atoms with Crippen molar-refractivity contribution in [2.24, 2.45) is 0 Å². The van der Waals surface area contributed by atoms with Crippen molar-refractivity contribution in [2.45, 2.75) is 58.1 Å². The molecule has 3 atom stereocenters. The predicted molar refractivity (Wildman–Crippen MR) is 115 cm³/mol. The molecule has 3 aromatic rings. The lowest BCUT2D eigenvalue weighted by molar-refractivity contribution is 0.0339. The molecule has 0 aliphatic carbocycles.